The minimum atomic E-state index is -3.37. The summed E-state index contributed by atoms with van der Waals surface area (Å²) in [6, 6.07) is 15.2. The van der Waals surface area contributed by atoms with Crippen molar-refractivity contribution in [2.24, 2.45) is 0 Å². The van der Waals surface area contributed by atoms with E-state index in [4.69, 9.17) is 10.5 Å². The van der Waals surface area contributed by atoms with Crippen LogP contribution < -0.4 is 4.72 Å². The molecule has 0 aliphatic carbocycles. The van der Waals surface area contributed by atoms with E-state index in [9.17, 15) is 8.42 Å². The van der Waals surface area contributed by atoms with Crippen molar-refractivity contribution in [3.05, 3.63) is 46.8 Å². The fraction of sp³-hybridized carbons (Fsp3) is 0.250. The van der Waals surface area contributed by atoms with Crippen molar-refractivity contribution < 1.29 is 8.42 Å². The summed E-state index contributed by atoms with van der Waals surface area (Å²) in [6.45, 7) is 0.208. The van der Waals surface area contributed by atoms with Crippen LogP contribution in [0.3, 0.4) is 0 Å². The van der Waals surface area contributed by atoms with Gasteiger partial charge in [-0.3, -0.25) is 0 Å². The third-order valence-electron chi connectivity index (χ3n) is 3.13. The number of unbranched alkanes of at least 4 members (excludes halogenated alkanes) is 1. The van der Waals surface area contributed by atoms with E-state index >= 15 is 0 Å². The maximum Gasteiger partial charge on any atom is 0.211 e. The van der Waals surface area contributed by atoms with Crippen LogP contribution >= 0.6 is 11.3 Å². The average molecular weight is 345 g/mol. The quantitative estimate of drug-likeness (QED) is 0.781. The Morgan fingerprint density at radius 3 is 2.70 bits per heavy atom. The third-order valence-corrected chi connectivity index (χ3v) is 5.57. The summed E-state index contributed by atoms with van der Waals surface area (Å²) in [7, 11) is -3.37. The molecule has 0 bridgehead atoms. The van der Waals surface area contributed by atoms with Crippen LogP contribution in [0, 0.1) is 22.7 Å². The molecule has 0 spiro atoms. The van der Waals surface area contributed by atoms with Crippen LogP contribution in [0.4, 0.5) is 0 Å². The Bertz CT molecular complexity index is 858. The minimum Gasteiger partial charge on any atom is -0.212 e. The number of nitrogens with zero attached hydrogens (tertiary/aromatic N) is 2. The molecular formula is C16H15N3O2S2. The number of nitrogens with one attached hydrogen (secondary N) is 1. The van der Waals surface area contributed by atoms with E-state index in [1.165, 1.54) is 11.3 Å². The molecule has 2 aromatic rings. The van der Waals surface area contributed by atoms with Crippen molar-refractivity contribution in [1.29, 1.82) is 10.5 Å². The van der Waals surface area contributed by atoms with Crippen molar-refractivity contribution in [1.82, 2.24) is 4.72 Å². The fourth-order valence-corrected chi connectivity index (χ4v) is 3.85. The number of rotatable bonds is 7. The largest absolute Gasteiger partial charge is 0.212 e. The number of hydrogen-bond donors (Lipinski definition) is 1. The van der Waals surface area contributed by atoms with Crippen LogP contribution in [0.25, 0.3) is 10.4 Å². The fourth-order valence-electron chi connectivity index (χ4n) is 1.99. The molecule has 118 valence electrons. The van der Waals surface area contributed by atoms with Gasteiger partial charge in [-0.1, -0.05) is 18.2 Å². The highest BCUT2D eigenvalue weighted by Crippen LogP contribution is 2.28. The van der Waals surface area contributed by atoms with Gasteiger partial charge in [0.2, 0.25) is 10.0 Å². The number of sulfonamides is 1. The summed E-state index contributed by atoms with van der Waals surface area (Å²) in [4.78, 5) is 1.61. The molecule has 0 amide bonds. The highest BCUT2D eigenvalue weighted by atomic mass is 32.2. The Morgan fingerprint density at radius 1 is 1.17 bits per heavy atom. The van der Waals surface area contributed by atoms with Crippen LogP contribution in [0.5, 0.6) is 0 Å². The first-order chi connectivity index (χ1) is 11.0. The van der Waals surface area contributed by atoms with Gasteiger partial charge in [-0.2, -0.15) is 10.5 Å². The first-order valence-electron chi connectivity index (χ1n) is 6.97. The van der Waals surface area contributed by atoms with E-state index in [0.717, 1.165) is 16.0 Å². The summed E-state index contributed by atoms with van der Waals surface area (Å²) in [5, 5.41) is 17.3. The van der Waals surface area contributed by atoms with E-state index in [2.05, 4.69) is 10.8 Å². The van der Waals surface area contributed by atoms with Gasteiger partial charge in [0.05, 0.1) is 11.8 Å². The molecule has 0 aliphatic heterocycles. The van der Waals surface area contributed by atoms with E-state index < -0.39 is 10.0 Å². The number of hydrogen-bond acceptors (Lipinski definition) is 5. The molecule has 0 radical (unpaired) electrons. The maximum absolute atomic E-state index is 11.8. The molecule has 0 atom stereocenters. The highest BCUT2D eigenvalue weighted by Gasteiger charge is 2.10. The van der Waals surface area contributed by atoms with Gasteiger partial charge in [0.25, 0.3) is 0 Å². The Morgan fingerprint density at radius 2 is 2.00 bits per heavy atom. The van der Waals surface area contributed by atoms with E-state index in [1.54, 1.807) is 6.07 Å². The van der Waals surface area contributed by atoms with Gasteiger partial charge < -0.3 is 0 Å². The molecule has 0 aliphatic rings. The lowest BCUT2D eigenvalue weighted by atomic mass is 10.1. The normalized spacial score (nSPS) is 10.9. The Hall–Kier alpha value is -2.19. The van der Waals surface area contributed by atoms with E-state index in [0.29, 0.717) is 11.3 Å². The summed E-state index contributed by atoms with van der Waals surface area (Å²) in [5.74, 6) is -0.0449. The summed E-state index contributed by atoms with van der Waals surface area (Å²) in [6.07, 6.45) is 0.563. The minimum absolute atomic E-state index is 0.0449. The van der Waals surface area contributed by atoms with Crippen LogP contribution in [-0.4, -0.2) is 14.2 Å². The van der Waals surface area contributed by atoms with Gasteiger partial charge in [0, 0.05) is 17.8 Å². The van der Waals surface area contributed by atoms with Gasteiger partial charge in [0.1, 0.15) is 10.9 Å². The summed E-state index contributed by atoms with van der Waals surface area (Å²) < 4.78 is 26.2. The summed E-state index contributed by atoms with van der Waals surface area (Å²) in [5.41, 5.74) is 1.80. The smallest absolute Gasteiger partial charge is 0.211 e. The molecule has 0 unspecified atom stereocenters. The second-order valence-corrected chi connectivity index (χ2v) is 7.89. The van der Waals surface area contributed by atoms with E-state index in [-0.39, 0.29) is 18.7 Å². The molecule has 5 nitrogen and oxygen atoms in total. The number of benzene rings is 1. The second kappa shape index (κ2) is 7.89. The predicted octanol–water partition coefficient (Wildman–Crippen LogP) is 3.01. The average Bonchev–Trinajstić information content (AvgIpc) is 3.03. The second-order valence-electron chi connectivity index (χ2n) is 4.88. The van der Waals surface area contributed by atoms with Gasteiger partial charge in [0.15, 0.2) is 0 Å². The lowest BCUT2D eigenvalue weighted by molar-refractivity contribution is 0.579. The zero-order valence-electron chi connectivity index (χ0n) is 12.3. The lowest BCUT2D eigenvalue weighted by Crippen LogP contribution is -2.25. The molecule has 0 fully saturated rings. The first-order valence-corrected chi connectivity index (χ1v) is 9.44. The van der Waals surface area contributed by atoms with Crippen molar-refractivity contribution in [3.8, 4) is 22.6 Å². The van der Waals surface area contributed by atoms with Crippen LogP contribution in [-0.2, 0) is 16.6 Å². The highest BCUT2D eigenvalue weighted by molar-refractivity contribution is 7.89. The molecule has 0 saturated carbocycles. The van der Waals surface area contributed by atoms with Gasteiger partial charge in [-0.15, -0.1) is 11.3 Å². The van der Waals surface area contributed by atoms with E-state index in [1.807, 2.05) is 36.4 Å². The standard InChI is InChI=1S/C16H15N3O2S2/c17-8-1-2-9-23(20,21)19-12-13-4-3-5-14(10-13)16-7-6-15(11-18)22-16/h3-7,10,19H,1-2,9,12H2. The maximum atomic E-state index is 11.8. The Balaban J connectivity index is 2.03. The van der Waals surface area contributed by atoms with Crippen molar-refractivity contribution in [2.75, 3.05) is 5.75 Å². The van der Waals surface area contributed by atoms with Gasteiger partial charge >= 0.3 is 0 Å². The van der Waals surface area contributed by atoms with Gasteiger partial charge in [-0.25, -0.2) is 13.1 Å². The molecule has 0 saturated heterocycles. The number of nitriles is 2. The van der Waals surface area contributed by atoms with Gasteiger partial charge in [-0.05, 0) is 35.7 Å². The zero-order valence-corrected chi connectivity index (χ0v) is 14.0. The topological polar surface area (TPSA) is 93.8 Å². The van der Waals surface area contributed by atoms with Crippen LogP contribution in [0.1, 0.15) is 23.3 Å². The molecule has 23 heavy (non-hydrogen) atoms. The first kappa shape index (κ1) is 17.2. The van der Waals surface area contributed by atoms with Crippen molar-refractivity contribution in [2.45, 2.75) is 19.4 Å². The lowest BCUT2D eigenvalue weighted by Gasteiger charge is -2.07. The molecule has 1 aromatic carbocycles. The molecule has 1 heterocycles. The van der Waals surface area contributed by atoms with Crippen LogP contribution in [0.2, 0.25) is 0 Å². The molecule has 2 rings (SSSR count). The Labute approximate surface area is 139 Å². The SMILES string of the molecule is N#CCCCS(=O)(=O)NCc1cccc(-c2ccc(C#N)s2)c1. The monoisotopic (exact) mass is 345 g/mol. The van der Waals surface area contributed by atoms with Crippen molar-refractivity contribution in [3.63, 3.8) is 0 Å². The Kier molecular flexibility index (Phi) is 5.89. The number of thiophene rings is 1. The predicted molar refractivity (Wildman–Crippen MR) is 89.9 cm³/mol. The van der Waals surface area contributed by atoms with Crippen LogP contribution in [0.15, 0.2) is 36.4 Å². The molecule has 1 N–H and O–H groups in total. The molecular weight excluding hydrogens is 330 g/mol. The summed E-state index contributed by atoms with van der Waals surface area (Å²) >= 11 is 1.40. The molecule has 7 heteroatoms. The molecule has 1 aromatic heterocycles. The van der Waals surface area contributed by atoms with Crippen molar-refractivity contribution >= 4 is 21.4 Å². The third kappa shape index (κ3) is 5.19. The zero-order chi connectivity index (χ0) is 16.7.